The van der Waals surface area contributed by atoms with E-state index in [0.29, 0.717) is 17.7 Å². The van der Waals surface area contributed by atoms with Crippen LogP contribution < -0.4 is 5.32 Å². The van der Waals surface area contributed by atoms with E-state index >= 15 is 0 Å². The number of piperidine rings is 1. The monoisotopic (exact) mass is 403 g/mol. The van der Waals surface area contributed by atoms with E-state index in [1.54, 1.807) is 7.05 Å². The maximum Gasteiger partial charge on any atom is 0.245 e. The topological polar surface area (TPSA) is 68.8 Å². The summed E-state index contributed by atoms with van der Waals surface area (Å²) in [5.74, 6) is -0.273. The van der Waals surface area contributed by atoms with Crippen LogP contribution in [0, 0.1) is 6.92 Å². The van der Waals surface area contributed by atoms with E-state index in [0.717, 1.165) is 41.7 Å². The van der Waals surface area contributed by atoms with Crippen molar-refractivity contribution in [2.24, 2.45) is 0 Å². The number of benzene rings is 1. The summed E-state index contributed by atoms with van der Waals surface area (Å²) in [6.45, 7) is 4.50. The number of anilines is 1. The van der Waals surface area contributed by atoms with Gasteiger partial charge in [-0.15, -0.1) is 0 Å². The van der Waals surface area contributed by atoms with Gasteiger partial charge < -0.3 is 15.1 Å². The largest absolute Gasteiger partial charge is 0.335 e. The molecule has 1 fully saturated rings. The molecule has 28 heavy (non-hydrogen) atoms. The number of nitrogens with one attached hydrogen (secondary N) is 1. The number of amides is 2. The van der Waals surface area contributed by atoms with Crippen LogP contribution in [0.5, 0.6) is 0 Å². The average molecular weight is 404 g/mol. The molecule has 0 saturated carbocycles. The molecule has 3 rings (SSSR count). The van der Waals surface area contributed by atoms with E-state index in [4.69, 9.17) is 0 Å². The van der Waals surface area contributed by atoms with E-state index in [9.17, 15) is 9.59 Å². The van der Waals surface area contributed by atoms with Crippen LogP contribution in [0.4, 0.5) is 5.13 Å². The second kappa shape index (κ2) is 8.98. The second-order valence-electron chi connectivity index (χ2n) is 7.74. The molecule has 2 heterocycles. The number of aryl methyl sites for hydroxylation is 1. The zero-order chi connectivity index (χ0) is 20.3. The van der Waals surface area contributed by atoms with E-state index in [-0.39, 0.29) is 18.4 Å². The normalized spacial score (nSPS) is 15.9. The lowest BCUT2D eigenvalue weighted by Crippen LogP contribution is -2.47. The van der Waals surface area contributed by atoms with Gasteiger partial charge in [0, 0.05) is 13.1 Å². The molecule has 1 saturated heterocycles. The lowest BCUT2D eigenvalue weighted by molar-refractivity contribution is -0.134. The number of fused-ring (bicyclic) bond motifs is 1. The van der Waals surface area contributed by atoms with Gasteiger partial charge >= 0.3 is 0 Å². The van der Waals surface area contributed by atoms with Gasteiger partial charge in [0.15, 0.2) is 5.13 Å². The molecular weight excluding hydrogens is 374 g/mol. The maximum absolute atomic E-state index is 12.5. The van der Waals surface area contributed by atoms with Crippen LogP contribution in [-0.2, 0) is 9.59 Å². The molecule has 0 atom stereocenters. The van der Waals surface area contributed by atoms with Gasteiger partial charge in [-0.2, -0.15) is 0 Å². The number of nitrogens with zero attached hydrogens (tertiary/aromatic N) is 4. The number of likely N-dealkylation sites (tertiary alicyclic amines) is 1. The predicted molar refractivity (Wildman–Crippen MR) is 114 cm³/mol. The third-order valence-electron chi connectivity index (χ3n) is 5.29. The number of thiazole rings is 1. The Morgan fingerprint density at radius 3 is 2.68 bits per heavy atom. The summed E-state index contributed by atoms with van der Waals surface area (Å²) in [6.07, 6.45) is 2.14. The van der Waals surface area contributed by atoms with Crippen LogP contribution in [0.1, 0.15) is 18.4 Å². The van der Waals surface area contributed by atoms with Crippen molar-refractivity contribution in [3.8, 4) is 0 Å². The minimum Gasteiger partial charge on any atom is -0.335 e. The van der Waals surface area contributed by atoms with Gasteiger partial charge in [0.1, 0.15) is 0 Å². The third-order valence-corrected chi connectivity index (χ3v) is 6.23. The molecule has 0 bridgehead atoms. The Morgan fingerprint density at radius 1 is 1.25 bits per heavy atom. The minimum absolute atomic E-state index is 0.0228. The number of likely N-dealkylation sites (N-methyl/N-ethyl adjacent to an activating group) is 2. The Labute approximate surface area is 170 Å². The molecule has 7 nitrogen and oxygen atoms in total. The lowest BCUT2D eigenvalue weighted by atomic mass is 10.0. The summed E-state index contributed by atoms with van der Waals surface area (Å²) in [6, 6.07) is 6.43. The molecule has 152 valence electrons. The van der Waals surface area contributed by atoms with Crippen molar-refractivity contribution >= 4 is 38.5 Å². The molecule has 1 aliphatic rings. The first-order valence-corrected chi connectivity index (χ1v) is 10.4. The Morgan fingerprint density at radius 2 is 1.96 bits per heavy atom. The average Bonchev–Trinajstić information content (AvgIpc) is 3.03. The van der Waals surface area contributed by atoms with Gasteiger partial charge in [0.05, 0.1) is 23.3 Å². The Hall–Kier alpha value is -2.03. The Balaban J connectivity index is 1.49. The molecule has 1 aliphatic heterocycles. The first-order valence-electron chi connectivity index (χ1n) is 9.61. The van der Waals surface area contributed by atoms with Crippen molar-refractivity contribution in [1.29, 1.82) is 0 Å². The Kier molecular flexibility index (Phi) is 6.64. The summed E-state index contributed by atoms with van der Waals surface area (Å²) >= 11 is 1.45. The molecule has 1 aromatic heterocycles. The quantitative estimate of drug-likeness (QED) is 0.799. The van der Waals surface area contributed by atoms with Gasteiger partial charge in [-0.1, -0.05) is 17.4 Å². The van der Waals surface area contributed by atoms with Gasteiger partial charge in [-0.05, 0) is 64.6 Å². The highest BCUT2D eigenvalue weighted by atomic mass is 32.1. The zero-order valence-corrected chi connectivity index (χ0v) is 17.9. The van der Waals surface area contributed by atoms with Gasteiger partial charge in [-0.3, -0.25) is 14.5 Å². The van der Waals surface area contributed by atoms with E-state index in [1.165, 1.54) is 16.2 Å². The summed E-state index contributed by atoms with van der Waals surface area (Å²) in [4.78, 5) is 35.2. The summed E-state index contributed by atoms with van der Waals surface area (Å²) in [5.41, 5.74) is 2.03. The van der Waals surface area contributed by atoms with Gasteiger partial charge in [-0.25, -0.2) is 4.98 Å². The number of carbonyl (C=O) groups excluding carboxylic acids is 2. The number of hydrogen-bond donors (Lipinski definition) is 1. The van der Waals surface area contributed by atoms with Crippen LogP contribution in [0.25, 0.3) is 10.2 Å². The van der Waals surface area contributed by atoms with Crippen molar-refractivity contribution in [1.82, 2.24) is 19.7 Å². The highest BCUT2D eigenvalue weighted by Gasteiger charge is 2.23. The van der Waals surface area contributed by atoms with Crippen LogP contribution in [0.2, 0.25) is 0 Å². The fraction of sp³-hybridized carbons (Fsp3) is 0.550. The van der Waals surface area contributed by atoms with Crippen LogP contribution in [-0.4, -0.2) is 84.9 Å². The molecule has 1 aromatic carbocycles. The molecule has 2 amide bonds. The smallest absolute Gasteiger partial charge is 0.245 e. The van der Waals surface area contributed by atoms with Crippen molar-refractivity contribution in [3.05, 3.63) is 23.8 Å². The van der Waals surface area contributed by atoms with Crippen LogP contribution >= 0.6 is 11.3 Å². The summed E-state index contributed by atoms with van der Waals surface area (Å²) < 4.78 is 1.04. The first kappa shape index (κ1) is 20.7. The molecule has 1 N–H and O–H groups in total. The van der Waals surface area contributed by atoms with Crippen molar-refractivity contribution in [2.45, 2.75) is 25.8 Å². The minimum atomic E-state index is -0.228. The molecule has 0 aliphatic carbocycles. The predicted octanol–water partition coefficient (Wildman–Crippen LogP) is 2.03. The van der Waals surface area contributed by atoms with Crippen molar-refractivity contribution in [3.63, 3.8) is 0 Å². The van der Waals surface area contributed by atoms with Crippen molar-refractivity contribution in [2.75, 3.05) is 52.6 Å². The van der Waals surface area contributed by atoms with Crippen LogP contribution in [0.15, 0.2) is 18.2 Å². The second-order valence-corrected chi connectivity index (χ2v) is 8.77. The number of hydrogen-bond acceptors (Lipinski definition) is 6. The Bertz CT molecular complexity index is 844. The van der Waals surface area contributed by atoms with E-state index in [2.05, 4.69) is 33.2 Å². The molecule has 2 aromatic rings. The van der Waals surface area contributed by atoms with E-state index in [1.807, 2.05) is 26.1 Å². The third kappa shape index (κ3) is 5.27. The summed E-state index contributed by atoms with van der Waals surface area (Å²) in [5, 5.41) is 3.38. The van der Waals surface area contributed by atoms with E-state index < -0.39 is 0 Å². The highest BCUT2D eigenvalue weighted by molar-refractivity contribution is 7.22. The lowest BCUT2D eigenvalue weighted by Gasteiger charge is -2.35. The number of carbonyl (C=O) groups is 2. The highest BCUT2D eigenvalue weighted by Crippen LogP contribution is 2.26. The summed E-state index contributed by atoms with van der Waals surface area (Å²) in [7, 11) is 5.79. The molecule has 0 spiro atoms. The SMILES string of the molecule is Cc1ccc2nc(NC(=O)CN(C)C(=O)CN(C)C3CCN(C)CC3)sc2c1. The zero-order valence-electron chi connectivity index (χ0n) is 17.1. The molecule has 0 unspecified atom stereocenters. The first-order chi connectivity index (χ1) is 13.3. The number of rotatable bonds is 6. The van der Waals surface area contributed by atoms with Gasteiger partial charge in [0.25, 0.3) is 0 Å². The van der Waals surface area contributed by atoms with Crippen LogP contribution in [0.3, 0.4) is 0 Å². The molecular formula is C20H29N5O2S. The maximum atomic E-state index is 12.5. The fourth-order valence-corrected chi connectivity index (χ4v) is 4.43. The standard InChI is InChI=1S/C20H29N5O2S/c1-14-5-6-16-17(11-14)28-20(21-16)22-18(26)12-25(4)19(27)13-24(3)15-7-9-23(2)10-8-15/h5-6,11,15H,7-10,12-13H2,1-4H3,(H,21,22,26). The molecule has 8 heteroatoms. The fourth-order valence-electron chi connectivity index (χ4n) is 3.45. The molecule has 0 radical (unpaired) electrons. The number of aromatic nitrogens is 1. The van der Waals surface area contributed by atoms with Gasteiger partial charge in [0.2, 0.25) is 11.8 Å². The van der Waals surface area contributed by atoms with Crippen molar-refractivity contribution < 1.29 is 9.59 Å².